The van der Waals surface area contributed by atoms with Gasteiger partial charge < -0.3 is 15.4 Å². The van der Waals surface area contributed by atoms with Crippen molar-refractivity contribution in [3.63, 3.8) is 0 Å². The molecule has 168 valence electrons. The number of aryl methyl sites for hydroxylation is 1. The predicted molar refractivity (Wildman–Crippen MR) is 110 cm³/mol. The van der Waals surface area contributed by atoms with Crippen molar-refractivity contribution in [3.8, 4) is 5.75 Å². The highest BCUT2D eigenvalue weighted by molar-refractivity contribution is 6.07. The van der Waals surface area contributed by atoms with Crippen LogP contribution in [0.15, 0.2) is 48.7 Å². The van der Waals surface area contributed by atoms with Crippen LogP contribution < -0.4 is 15.4 Å². The Hall–Kier alpha value is -3.56. The highest BCUT2D eigenvalue weighted by atomic mass is 19.4. The Balaban J connectivity index is 1.67. The molecule has 2 heterocycles. The predicted octanol–water partition coefficient (Wildman–Crippen LogP) is 5.25. The third kappa shape index (κ3) is 4.12. The van der Waals surface area contributed by atoms with Crippen LogP contribution >= 0.6 is 0 Å². The molecule has 6 nitrogen and oxygen atoms in total. The highest BCUT2D eigenvalue weighted by Crippen LogP contribution is 2.44. The number of alkyl halides is 3. The van der Waals surface area contributed by atoms with Gasteiger partial charge in [-0.1, -0.05) is 18.2 Å². The van der Waals surface area contributed by atoms with Crippen LogP contribution in [0.5, 0.6) is 5.75 Å². The summed E-state index contributed by atoms with van der Waals surface area (Å²) >= 11 is 0. The summed E-state index contributed by atoms with van der Waals surface area (Å²) in [6.45, 7) is 1.84. The number of fused-ring (bicyclic) bond motifs is 1. The first-order valence-electron chi connectivity index (χ1n) is 9.79. The standard InChI is InChI=1S/C22H20F4N4O2/c1-12-3-8-15(9-18(12)32-2)28-21(31)16-11-27-30-19(22(24,25)26)10-17(29-20(16)30)13-4-6-14(23)7-5-13/h3-9,11,17,19,29H,10H2,1-2H3,(H,28,31). The molecule has 10 heteroatoms. The number of amides is 1. The van der Waals surface area contributed by atoms with E-state index in [0.29, 0.717) is 17.0 Å². The van der Waals surface area contributed by atoms with Crippen molar-refractivity contribution < 1.29 is 27.1 Å². The molecular formula is C22H20F4N4O2. The molecule has 1 amide bonds. The van der Waals surface area contributed by atoms with E-state index in [4.69, 9.17) is 4.74 Å². The van der Waals surface area contributed by atoms with Gasteiger partial charge in [-0.3, -0.25) is 4.79 Å². The van der Waals surface area contributed by atoms with Crippen molar-refractivity contribution in [2.75, 3.05) is 17.7 Å². The third-order valence-electron chi connectivity index (χ3n) is 5.42. The Labute approximate surface area is 181 Å². The summed E-state index contributed by atoms with van der Waals surface area (Å²) in [5.74, 6) is -0.600. The minimum atomic E-state index is -4.58. The molecule has 0 bridgehead atoms. The molecule has 0 saturated heterocycles. The topological polar surface area (TPSA) is 68.2 Å². The lowest BCUT2D eigenvalue weighted by molar-refractivity contribution is -0.173. The fraction of sp³-hybridized carbons (Fsp3) is 0.273. The van der Waals surface area contributed by atoms with Gasteiger partial charge in [-0.05, 0) is 36.2 Å². The van der Waals surface area contributed by atoms with E-state index >= 15 is 0 Å². The van der Waals surface area contributed by atoms with E-state index in [2.05, 4.69) is 15.7 Å². The van der Waals surface area contributed by atoms with Gasteiger partial charge in [0.05, 0.1) is 19.3 Å². The largest absolute Gasteiger partial charge is 0.496 e. The summed E-state index contributed by atoms with van der Waals surface area (Å²) in [7, 11) is 1.50. The highest BCUT2D eigenvalue weighted by Gasteiger charge is 2.47. The van der Waals surface area contributed by atoms with E-state index in [1.165, 1.54) is 31.4 Å². The van der Waals surface area contributed by atoms with Crippen LogP contribution in [0.25, 0.3) is 0 Å². The van der Waals surface area contributed by atoms with Crippen molar-refractivity contribution in [2.24, 2.45) is 0 Å². The molecule has 0 fully saturated rings. The summed E-state index contributed by atoms with van der Waals surface area (Å²) in [5.41, 5.74) is 1.73. The number of anilines is 2. The van der Waals surface area contributed by atoms with Crippen LogP contribution in [-0.2, 0) is 0 Å². The molecule has 0 aliphatic carbocycles. The van der Waals surface area contributed by atoms with Gasteiger partial charge in [0, 0.05) is 18.2 Å². The number of carbonyl (C=O) groups excluding carboxylic acids is 1. The zero-order chi connectivity index (χ0) is 23.0. The summed E-state index contributed by atoms with van der Waals surface area (Å²) < 4.78 is 60.7. The number of nitrogens with one attached hydrogen (secondary N) is 2. The van der Waals surface area contributed by atoms with Crippen LogP contribution in [0.2, 0.25) is 0 Å². The minimum Gasteiger partial charge on any atom is -0.496 e. The lowest BCUT2D eigenvalue weighted by Gasteiger charge is -2.34. The number of hydrogen-bond acceptors (Lipinski definition) is 4. The van der Waals surface area contributed by atoms with Crippen LogP contribution in [0, 0.1) is 12.7 Å². The van der Waals surface area contributed by atoms with Crippen molar-refractivity contribution in [1.29, 1.82) is 0 Å². The van der Waals surface area contributed by atoms with E-state index in [0.717, 1.165) is 16.4 Å². The quantitative estimate of drug-likeness (QED) is 0.535. The Morgan fingerprint density at radius 2 is 1.94 bits per heavy atom. The van der Waals surface area contributed by atoms with Crippen LogP contribution in [0.3, 0.4) is 0 Å². The molecule has 1 aromatic heterocycles. The number of carbonyl (C=O) groups is 1. The monoisotopic (exact) mass is 448 g/mol. The van der Waals surface area contributed by atoms with Gasteiger partial charge in [-0.15, -0.1) is 0 Å². The average molecular weight is 448 g/mol. The SMILES string of the molecule is COc1cc(NC(=O)c2cnn3c2NC(c2ccc(F)cc2)CC3C(F)(F)F)ccc1C. The first-order chi connectivity index (χ1) is 15.2. The molecule has 0 saturated carbocycles. The maximum atomic E-state index is 13.8. The number of nitrogens with zero attached hydrogens (tertiary/aromatic N) is 2. The molecule has 32 heavy (non-hydrogen) atoms. The smallest absolute Gasteiger partial charge is 0.410 e. The van der Waals surface area contributed by atoms with Crippen LogP contribution in [0.4, 0.5) is 29.1 Å². The van der Waals surface area contributed by atoms with Crippen molar-refractivity contribution in [2.45, 2.75) is 31.6 Å². The zero-order valence-electron chi connectivity index (χ0n) is 17.2. The molecule has 4 rings (SSSR count). The van der Waals surface area contributed by atoms with E-state index < -0.39 is 30.0 Å². The molecule has 0 radical (unpaired) electrons. The second-order valence-electron chi connectivity index (χ2n) is 7.53. The number of aromatic nitrogens is 2. The van der Waals surface area contributed by atoms with E-state index in [1.807, 2.05) is 6.92 Å². The van der Waals surface area contributed by atoms with E-state index in [1.54, 1.807) is 18.2 Å². The van der Waals surface area contributed by atoms with Crippen molar-refractivity contribution in [1.82, 2.24) is 9.78 Å². The fourth-order valence-electron chi connectivity index (χ4n) is 3.74. The van der Waals surface area contributed by atoms with Gasteiger partial charge in [0.2, 0.25) is 0 Å². The molecule has 1 aliphatic heterocycles. The van der Waals surface area contributed by atoms with Gasteiger partial charge in [-0.2, -0.15) is 18.3 Å². The summed E-state index contributed by atoms with van der Waals surface area (Å²) in [6, 6.07) is 7.54. The lowest BCUT2D eigenvalue weighted by Crippen LogP contribution is -2.36. The summed E-state index contributed by atoms with van der Waals surface area (Å²) in [6.07, 6.45) is -3.83. The number of halogens is 4. The Morgan fingerprint density at radius 3 is 2.59 bits per heavy atom. The third-order valence-corrected chi connectivity index (χ3v) is 5.42. The van der Waals surface area contributed by atoms with Gasteiger partial charge in [0.25, 0.3) is 5.91 Å². The lowest BCUT2D eigenvalue weighted by atomic mass is 9.96. The second kappa shape index (κ2) is 8.18. The van der Waals surface area contributed by atoms with Gasteiger partial charge in [-0.25, -0.2) is 9.07 Å². The van der Waals surface area contributed by atoms with Crippen LogP contribution in [0.1, 0.15) is 40.0 Å². The maximum absolute atomic E-state index is 13.8. The Bertz CT molecular complexity index is 1140. The normalized spacial score (nSPS) is 17.9. The number of benzene rings is 2. The van der Waals surface area contributed by atoms with Crippen molar-refractivity contribution in [3.05, 3.63) is 71.2 Å². The zero-order valence-corrected chi connectivity index (χ0v) is 17.2. The molecule has 2 N–H and O–H groups in total. The molecule has 0 spiro atoms. The first kappa shape index (κ1) is 21.7. The summed E-state index contributed by atoms with van der Waals surface area (Å²) in [5, 5.41) is 9.49. The number of ether oxygens (including phenoxy) is 1. The molecule has 2 unspecified atom stereocenters. The molecule has 2 aromatic carbocycles. The Morgan fingerprint density at radius 1 is 1.22 bits per heavy atom. The van der Waals surface area contributed by atoms with Gasteiger partial charge >= 0.3 is 6.18 Å². The maximum Gasteiger partial charge on any atom is 0.410 e. The first-order valence-corrected chi connectivity index (χ1v) is 9.79. The van der Waals surface area contributed by atoms with Gasteiger partial charge in [0.1, 0.15) is 22.9 Å². The van der Waals surface area contributed by atoms with Gasteiger partial charge in [0.15, 0.2) is 6.04 Å². The van der Waals surface area contributed by atoms with Crippen LogP contribution in [-0.4, -0.2) is 29.0 Å². The number of methoxy groups -OCH3 is 1. The second-order valence-corrected chi connectivity index (χ2v) is 7.53. The number of hydrogen-bond donors (Lipinski definition) is 2. The Kier molecular flexibility index (Phi) is 5.53. The minimum absolute atomic E-state index is 0.0365. The molecule has 3 aromatic rings. The average Bonchev–Trinajstić information content (AvgIpc) is 3.18. The van der Waals surface area contributed by atoms with Crippen molar-refractivity contribution >= 4 is 17.4 Å². The van der Waals surface area contributed by atoms with E-state index in [9.17, 15) is 22.4 Å². The molecule has 2 atom stereocenters. The number of rotatable bonds is 4. The van der Waals surface area contributed by atoms with E-state index in [-0.39, 0.29) is 17.8 Å². The molecule has 1 aliphatic rings. The summed E-state index contributed by atoms with van der Waals surface area (Å²) in [4.78, 5) is 12.9. The molecular weight excluding hydrogens is 428 g/mol. The fourth-order valence-corrected chi connectivity index (χ4v) is 3.74.